The van der Waals surface area contributed by atoms with Crippen LogP contribution in [-0.2, 0) is 0 Å². The van der Waals surface area contributed by atoms with Crippen LogP contribution in [0.5, 0.6) is 11.5 Å². The highest BCUT2D eigenvalue weighted by Crippen LogP contribution is 2.33. The van der Waals surface area contributed by atoms with Crippen molar-refractivity contribution in [3.8, 4) is 11.5 Å². The van der Waals surface area contributed by atoms with Gasteiger partial charge in [0.1, 0.15) is 11.5 Å². The van der Waals surface area contributed by atoms with E-state index in [1.54, 1.807) is 43.8 Å². The number of benzene rings is 2. The van der Waals surface area contributed by atoms with E-state index in [1.165, 1.54) is 15.8 Å². The maximum atomic E-state index is 12.9. The number of hydrogen-bond donors (Lipinski definition) is 2. The van der Waals surface area contributed by atoms with Crippen molar-refractivity contribution in [3.05, 3.63) is 82.2 Å². The Labute approximate surface area is 173 Å². The molecule has 0 aliphatic carbocycles. The summed E-state index contributed by atoms with van der Waals surface area (Å²) in [6.07, 6.45) is 2.04. The monoisotopic (exact) mass is 406 g/mol. The summed E-state index contributed by atoms with van der Waals surface area (Å²) in [5, 5.41) is 6.32. The second-order valence-electron chi connectivity index (χ2n) is 6.63. The number of methoxy groups -OCH3 is 2. The molecule has 2 aromatic heterocycles. The Balaban J connectivity index is 1.61. The average molecular weight is 407 g/mol. The van der Waals surface area contributed by atoms with Crippen molar-refractivity contribution in [1.29, 1.82) is 0 Å². The van der Waals surface area contributed by atoms with Crippen LogP contribution in [-0.4, -0.2) is 31.7 Å². The summed E-state index contributed by atoms with van der Waals surface area (Å²) in [4.78, 5) is 17.4. The zero-order valence-electron chi connectivity index (χ0n) is 16.3. The second-order valence-corrected chi connectivity index (χ2v) is 7.61. The van der Waals surface area contributed by atoms with Crippen LogP contribution in [0.25, 0.3) is 10.9 Å². The van der Waals surface area contributed by atoms with Crippen LogP contribution in [0.15, 0.2) is 66.2 Å². The minimum atomic E-state index is -0.175. The van der Waals surface area contributed by atoms with Crippen LogP contribution in [0.1, 0.15) is 26.7 Å². The molecule has 0 fully saturated rings. The van der Waals surface area contributed by atoms with Crippen molar-refractivity contribution >= 4 is 28.1 Å². The van der Waals surface area contributed by atoms with Crippen LogP contribution in [0, 0.1) is 0 Å². The van der Waals surface area contributed by atoms with E-state index in [4.69, 9.17) is 9.47 Å². The van der Waals surface area contributed by atoms with Gasteiger partial charge in [-0.3, -0.25) is 4.79 Å². The predicted octanol–water partition coefficient (Wildman–Crippen LogP) is 4.81. The third kappa shape index (κ3) is 3.84. The van der Waals surface area contributed by atoms with E-state index < -0.39 is 0 Å². The molecule has 0 aliphatic rings. The van der Waals surface area contributed by atoms with Gasteiger partial charge in [0.15, 0.2) is 0 Å². The molecule has 6 heteroatoms. The van der Waals surface area contributed by atoms with Gasteiger partial charge in [0.25, 0.3) is 5.91 Å². The summed E-state index contributed by atoms with van der Waals surface area (Å²) >= 11 is 1.69. The van der Waals surface area contributed by atoms with Gasteiger partial charge in [-0.05, 0) is 35.2 Å². The molecule has 0 saturated heterocycles. The molecule has 2 aromatic carbocycles. The van der Waals surface area contributed by atoms with Crippen LogP contribution in [0.4, 0.5) is 0 Å². The molecule has 0 saturated carbocycles. The van der Waals surface area contributed by atoms with Crippen LogP contribution in [0.3, 0.4) is 0 Å². The fourth-order valence-electron chi connectivity index (χ4n) is 3.51. The summed E-state index contributed by atoms with van der Waals surface area (Å²) in [5.74, 6) is 1.01. The Bertz CT molecular complexity index is 1120. The first-order valence-electron chi connectivity index (χ1n) is 9.31. The summed E-state index contributed by atoms with van der Waals surface area (Å²) in [6, 6.07) is 17.6. The summed E-state index contributed by atoms with van der Waals surface area (Å²) in [7, 11) is 3.13. The van der Waals surface area contributed by atoms with Crippen molar-refractivity contribution < 1.29 is 14.3 Å². The minimum absolute atomic E-state index is 0.0549. The van der Waals surface area contributed by atoms with Gasteiger partial charge in [-0.1, -0.05) is 24.3 Å². The molecule has 0 spiro atoms. The normalized spacial score (nSPS) is 11.9. The highest BCUT2D eigenvalue weighted by Gasteiger charge is 2.21. The molecule has 4 aromatic rings. The predicted molar refractivity (Wildman–Crippen MR) is 116 cm³/mol. The van der Waals surface area contributed by atoms with Gasteiger partial charge in [-0.15, -0.1) is 11.3 Å². The number of fused-ring (bicyclic) bond motifs is 1. The molecule has 0 aliphatic heterocycles. The number of carbonyl (C=O) groups is 1. The Morgan fingerprint density at radius 2 is 1.97 bits per heavy atom. The Hall–Kier alpha value is -3.25. The highest BCUT2D eigenvalue weighted by atomic mass is 32.1. The van der Waals surface area contributed by atoms with Gasteiger partial charge in [0, 0.05) is 40.5 Å². The van der Waals surface area contributed by atoms with Crippen LogP contribution < -0.4 is 14.8 Å². The zero-order chi connectivity index (χ0) is 20.2. The van der Waals surface area contributed by atoms with Gasteiger partial charge in [0.05, 0.1) is 19.8 Å². The quantitative estimate of drug-likeness (QED) is 0.463. The van der Waals surface area contributed by atoms with E-state index in [0.717, 1.165) is 5.52 Å². The summed E-state index contributed by atoms with van der Waals surface area (Å²) in [6.45, 7) is 0.483. The highest BCUT2D eigenvalue weighted by molar-refractivity contribution is 7.10. The number of thiophene rings is 1. The number of hydrogen-bond acceptors (Lipinski definition) is 4. The standard InChI is InChI=1S/C23H22N2O3S/c1-27-15-9-10-17(21(12-15)28-2)23(26)25-14-19(22-8-5-11-29-22)18-13-24-20-7-4-3-6-16(18)20/h3-13,19,24H,14H2,1-2H3,(H,25,26). The smallest absolute Gasteiger partial charge is 0.255 e. The number of rotatable bonds is 7. The first kappa shape index (κ1) is 19.1. The molecule has 1 atom stereocenters. The number of nitrogens with one attached hydrogen (secondary N) is 2. The second kappa shape index (κ2) is 8.41. The molecule has 1 amide bonds. The largest absolute Gasteiger partial charge is 0.497 e. The summed E-state index contributed by atoms with van der Waals surface area (Å²) in [5.41, 5.74) is 2.74. The number of para-hydroxylation sites is 1. The van der Waals surface area contributed by atoms with Gasteiger partial charge < -0.3 is 19.8 Å². The van der Waals surface area contributed by atoms with Crippen LogP contribution >= 0.6 is 11.3 Å². The first-order valence-corrected chi connectivity index (χ1v) is 10.2. The van der Waals surface area contributed by atoms with Gasteiger partial charge in [0.2, 0.25) is 0 Å². The number of carbonyl (C=O) groups excluding carboxylic acids is 1. The molecule has 5 nitrogen and oxygen atoms in total. The first-order chi connectivity index (χ1) is 14.2. The lowest BCUT2D eigenvalue weighted by molar-refractivity contribution is 0.0949. The number of aromatic nitrogens is 1. The van der Waals surface area contributed by atoms with E-state index in [2.05, 4.69) is 33.9 Å². The molecule has 2 heterocycles. The molecule has 2 N–H and O–H groups in total. The topological polar surface area (TPSA) is 63.3 Å². The van der Waals surface area contributed by atoms with E-state index in [0.29, 0.717) is 23.6 Å². The SMILES string of the molecule is COc1ccc(C(=O)NCC(c2cccs2)c2c[nH]c3ccccc23)c(OC)c1. The molecule has 1 unspecified atom stereocenters. The third-order valence-corrected chi connectivity index (χ3v) is 5.99. The fraction of sp³-hybridized carbons (Fsp3) is 0.174. The van der Waals surface area contributed by atoms with Gasteiger partial charge >= 0.3 is 0 Å². The van der Waals surface area contributed by atoms with E-state index >= 15 is 0 Å². The molecule has 0 radical (unpaired) electrons. The Morgan fingerprint density at radius 3 is 2.72 bits per heavy atom. The molecular weight excluding hydrogens is 384 g/mol. The van der Waals surface area contributed by atoms with Crippen molar-refractivity contribution in [2.75, 3.05) is 20.8 Å². The van der Waals surface area contributed by atoms with Crippen molar-refractivity contribution in [3.63, 3.8) is 0 Å². The van der Waals surface area contributed by atoms with E-state index in [9.17, 15) is 4.79 Å². The van der Waals surface area contributed by atoms with Gasteiger partial charge in [-0.2, -0.15) is 0 Å². The Morgan fingerprint density at radius 1 is 1.10 bits per heavy atom. The van der Waals surface area contributed by atoms with E-state index in [-0.39, 0.29) is 11.8 Å². The molecule has 4 rings (SSSR count). The number of amides is 1. The van der Waals surface area contributed by atoms with Crippen molar-refractivity contribution in [2.24, 2.45) is 0 Å². The lowest BCUT2D eigenvalue weighted by Crippen LogP contribution is -2.29. The minimum Gasteiger partial charge on any atom is -0.497 e. The summed E-state index contributed by atoms with van der Waals surface area (Å²) < 4.78 is 10.6. The number of H-pyrrole nitrogens is 1. The zero-order valence-corrected chi connectivity index (χ0v) is 17.1. The molecule has 0 bridgehead atoms. The van der Waals surface area contributed by atoms with Crippen molar-refractivity contribution in [2.45, 2.75) is 5.92 Å². The third-order valence-electron chi connectivity index (χ3n) is 5.00. The average Bonchev–Trinajstić information content (AvgIpc) is 3.44. The van der Waals surface area contributed by atoms with Gasteiger partial charge in [-0.25, -0.2) is 0 Å². The lowest BCUT2D eigenvalue weighted by Gasteiger charge is -2.17. The number of aromatic amines is 1. The van der Waals surface area contributed by atoms with E-state index in [1.807, 2.05) is 24.4 Å². The fourth-order valence-corrected chi connectivity index (χ4v) is 4.36. The maximum Gasteiger partial charge on any atom is 0.255 e. The van der Waals surface area contributed by atoms with Crippen LogP contribution in [0.2, 0.25) is 0 Å². The molecular formula is C23H22N2O3S. The molecule has 29 heavy (non-hydrogen) atoms. The number of ether oxygens (including phenoxy) is 2. The molecule has 148 valence electrons. The maximum absolute atomic E-state index is 12.9. The lowest BCUT2D eigenvalue weighted by atomic mass is 9.96. The van der Waals surface area contributed by atoms with Crippen molar-refractivity contribution in [1.82, 2.24) is 10.3 Å². The Kier molecular flexibility index (Phi) is 5.53.